The summed E-state index contributed by atoms with van der Waals surface area (Å²) >= 11 is 0. The maximum atomic E-state index is 10.6. The van der Waals surface area contributed by atoms with Crippen molar-refractivity contribution in [3.05, 3.63) is 0 Å². The van der Waals surface area contributed by atoms with Crippen LogP contribution in [0.3, 0.4) is 0 Å². The van der Waals surface area contributed by atoms with Crippen molar-refractivity contribution < 1.29 is 14.4 Å². The summed E-state index contributed by atoms with van der Waals surface area (Å²) in [7, 11) is 0. The number of Topliss-reactive ketones (excluding diaryl/α,β-unsaturated/α-hetero) is 3. The zero-order valence-electron chi connectivity index (χ0n) is 7.01. The summed E-state index contributed by atoms with van der Waals surface area (Å²) in [5.41, 5.74) is 0. The molecule has 11 heavy (non-hydrogen) atoms. The van der Waals surface area contributed by atoms with Crippen molar-refractivity contribution >= 4 is 66.2 Å². The average molecular weight is 279 g/mol. The minimum atomic E-state index is -1.03. The standard InChI is InChI=1S/C7H10O3.Ba/c1-4(8)7(5(2)9)6(3)10;/h7H,1-3H3;. The van der Waals surface area contributed by atoms with E-state index in [0.717, 1.165) is 0 Å². The van der Waals surface area contributed by atoms with Crippen LogP contribution in [0.1, 0.15) is 20.8 Å². The van der Waals surface area contributed by atoms with E-state index in [1.807, 2.05) is 0 Å². The van der Waals surface area contributed by atoms with E-state index in [2.05, 4.69) is 0 Å². The first-order chi connectivity index (χ1) is 4.46. The zero-order chi connectivity index (χ0) is 8.31. The van der Waals surface area contributed by atoms with Gasteiger partial charge in [-0.2, -0.15) is 0 Å². The number of carbonyl (C=O) groups is 3. The molecule has 0 aliphatic carbocycles. The monoisotopic (exact) mass is 280 g/mol. The SMILES string of the molecule is CC(=O)C(C(C)=O)C(C)=O.[Ba]. The Bertz CT molecular complexity index is 153. The molecule has 0 aromatic carbocycles. The van der Waals surface area contributed by atoms with E-state index in [9.17, 15) is 14.4 Å². The Morgan fingerprint density at radius 2 is 1.00 bits per heavy atom. The molecule has 3 nitrogen and oxygen atoms in total. The molecule has 0 rings (SSSR count). The number of carbonyl (C=O) groups excluding carboxylic acids is 3. The second kappa shape index (κ2) is 6.14. The molecule has 0 bridgehead atoms. The van der Waals surface area contributed by atoms with Gasteiger partial charge in [-0.15, -0.1) is 0 Å². The molecule has 0 atom stereocenters. The van der Waals surface area contributed by atoms with Gasteiger partial charge in [0.25, 0.3) is 0 Å². The normalized spacial score (nSPS) is 8.73. The molecule has 0 aromatic rings. The third-order valence-electron chi connectivity index (χ3n) is 1.22. The van der Waals surface area contributed by atoms with Crippen LogP contribution in [-0.2, 0) is 14.4 Å². The Kier molecular flexibility index (Phi) is 7.88. The van der Waals surface area contributed by atoms with Gasteiger partial charge in [0, 0.05) is 48.9 Å². The fraction of sp³-hybridized carbons (Fsp3) is 0.571. The minimum Gasteiger partial charge on any atom is -0.299 e. The van der Waals surface area contributed by atoms with Crippen LogP contribution >= 0.6 is 0 Å². The van der Waals surface area contributed by atoms with Gasteiger partial charge in [-0.25, -0.2) is 0 Å². The molecule has 0 aromatic heterocycles. The van der Waals surface area contributed by atoms with Gasteiger partial charge < -0.3 is 0 Å². The van der Waals surface area contributed by atoms with E-state index < -0.39 is 5.92 Å². The van der Waals surface area contributed by atoms with E-state index in [4.69, 9.17) is 0 Å². The molecule has 0 fully saturated rings. The predicted octanol–water partition coefficient (Wildman–Crippen LogP) is -0.0112. The summed E-state index contributed by atoms with van der Waals surface area (Å²) in [6, 6.07) is 0. The number of hydrogen-bond donors (Lipinski definition) is 0. The van der Waals surface area contributed by atoms with Gasteiger partial charge in [-0.05, 0) is 20.8 Å². The van der Waals surface area contributed by atoms with Crippen LogP contribution in [0.15, 0.2) is 0 Å². The van der Waals surface area contributed by atoms with Crippen molar-refractivity contribution in [2.45, 2.75) is 20.8 Å². The summed E-state index contributed by atoms with van der Waals surface area (Å²) in [6.45, 7) is 3.73. The topological polar surface area (TPSA) is 51.2 Å². The van der Waals surface area contributed by atoms with Crippen molar-refractivity contribution in [1.82, 2.24) is 0 Å². The Balaban J connectivity index is 0. The maximum absolute atomic E-state index is 10.6. The fourth-order valence-electron chi connectivity index (χ4n) is 0.859. The van der Waals surface area contributed by atoms with Crippen molar-refractivity contribution in [1.29, 1.82) is 0 Å². The minimum absolute atomic E-state index is 0. The van der Waals surface area contributed by atoms with E-state index >= 15 is 0 Å². The third-order valence-corrected chi connectivity index (χ3v) is 1.22. The summed E-state index contributed by atoms with van der Waals surface area (Å²) in [5.74, 6) is -2.15. The zero-order valence-corrected chi connectivity index (χ0v) is 11.4. The van der Waals surface area contributed by atoms with Crippen LogP contribution in [0.2, 0.25) is 0 Å². The molecule has 2 radical (unpaired) electrons. The first-order valence-electron chi connectivity index (χ1n) is 2.98. The van der Waals surface area contributed by atoms with Crippen molar-refractivity contribution in [2.75, 3.05) is 0 Å². The molecule has 0 saturated heterocycles. The first-order valence-corrected chi connectivity index (χ1v) is 2.98. The molecule has 0 unspecified atom stereocenters. The van der Waals surface area contributed by atoms with Gasteiger partial charge in [-0.1, -0.05) is 0 Å². The summed E-state index contributed by atoms with van der Waals surface area (Å²) in [6.07, 6.45) is 0. The molecule has 0 aliphatic rings. The summed E-state index contributed by atoms with van der Waals surface area (Å²) < 4.78 is 0. The van der Waals surface area contributed by atoms with Crippen molar-refractivity contribution in [3.63, 3.8) is 0 Å². The van der Waals surface area contributed by atoms with Crippen LogP contribution < -0.4 is 0 Å². The van der Waals surface area contributed by atoms with Crippen LogP contribution in [0, 0.1) is 5.92 Å². The molecule has 0 aliphatic heterocycles. The number of hydrogen-bond acceptors (Lipinski definition) is 3. The van der Waals surface area contributed by atoms with E-state index in [1.165, 1.54) is 20.8 Å². The number of ketones is 3. The molecule has 0 heterocycles. The average Bonchev–Trinajstić information content (AvgIpc) is 1.59. The smallest absolute Gasteiger partial charge is 0.147 e. The van der Waals surface area contributed by atoms with E-state index in [0.29, 0.717) is 0 Å². The van der Waals surface area contributed by atoms with Crippen LogP contribution in [0.5, 0.6) is 0 Å². The summed E-state index contributed by atoms with van der Waals surface area (Å²) in [4.78, 5) is 31.8. The molecule has 0 N–H and O–H groups in total. The number of rotatable bonds is 3. The molecule has 4 heteroatoms. The third kappa shape index (κ3) is 4.92. The van der Waals surface area contributed by atoms with Gasteiger partial charge in [0.1, 0.15) is 23.3 Å². The Morgan fingerprint density at radius 3 is 1.00 bits per heavy atom. The van der Waals surface area contributed by atoms with Crippen molar-refractivity contribution in [2.24, 2.45) is 5.92 Å². The van der Waals surface area contributed by atoms with Gasteiger partial charge >= 0.3 is 0 Å². The van der Waals surface area contributed by atoms with Crippen LogP contribution in [0.25, 0.3) is 0 Å². The van der Waals surface area contributed by atoms with Gasteiger partial charge in [0.05, 0.1) is 0 Å². The van der Waals surface area contributed by atoms with E-state index in [-0.39, 0.29) is 66.2 Å². The first kappa shape index (κ1) is 14.1. The fourth-order valence-corrected chi connectivity index (χ4v) is 0.859. The second-order valence-electron chi connectivity index (χ2n) is 2.26. The molecule has 0 spiro atoms. The van der Waals surface area contributed by atoms with E-state index in [1.54, 1.807) is 0 Å². The largest absolute Gasteiger partial charge is 0.299 e. The van der Waals surface area contributed by atoms with Crippen molar-refractivity contribution in [3.8, 4) is 0 Å². The Morgan fingerprint density at radius 1 is 0.818 bits per heavy atom. The van der Waals surface area contributed by atoms with Crippen LogP contribution in [-0.4, -0.2) is 66.2 Å². The Hall–Kier alpha value is 0.581. The molecule has 58 valence electrons. The van der Waals surface area contributed by atoms with Gasteiger partial charge in [-0.3, -0.25) is 14.4 Å². The summed E-state index contributed by atoms with van der Waals surface area (Å²) in [5, 5.41) is 0. The maximum Gasteiger partial charge on any atom is 0.147 e. The van der Waals surface area contributed by atoms with Gasteiger partial charge in [0.2, 0.25) is 0 Å². The van der Waals surface area contributed by atoms with Gasteiger partial charge in [0.15, 0.2) is 0 Å². The predicted molar refractivity (Wildman–Crippen MR) is 41.3 cm³/mol. The molecule has 0 amide bonds. The Labute approximate surface area is 106 Å². The molecular formula is C7H10BaO3. The molecular weight excluding hydrogens is 269 g/mol. The molecule has 0 saturated carbocycles. The quantitative estimate of drug-likeness (QED) is 0.539. The second-order valence-corrected chi connectivity index (χ2v) is 2.26. The van der Waals surface area contributed by atoms with Crippen LogP contribution in [0.4, 0.5) is 0 Å².